The van der Waals surface area contributed by atoms with Crippen LogP contribution >= 0.6 is 27.0 Å². The second kappa shape index (κ2) is 13.4. The molecule has 1 amide bonds. The van der Waals surface area contributed by atoms with Gasteiger partial charge >= 0.3 is 6.09 Å². The highest BCUT2D eigenvalue weighted by molar-refractivity contribution is 7.59. The number of phenolic OH excluding ortho intramolecular Hbond substituents is 1. The normalized spacial score (nSPS) is 21.9. The van der Waals surface area contributed by atoms with Crippen LogP contribution in [-0.2, 0) is 11.2 Å². The van der Waals surface area contributed by atoms with E-state index in [0.29, 0.717) is 30.6 Å². The Balaban J connectivity index is 0.00000180. The van der Waals surface area contributed by atoms with E-state index in [1.54, 1.807) is 18.2 Å². The van der Waals surface area contributed by atoms with Gasteiger partial charge in [-0.15, -0.1) is 0 Å². The van der Waals surface area contributed by atoms with E-state index in [4.69, 9.17) is 14.2 Å². The molecule has 7 nitrogen and oxygen atoms in total. The summed E-state index contributed by atoms with van der Waals surface area (Å²) in [4.78, 5) is 16.6. The standard InChI is InChI=1S/C27H34N2O5.2H2S/c30-23-8-9-25-26(16-23)34-24(19-32-25)17-28-13-10-20(11-14-28)7-4-12-29-22(18-33-27(29)31)15-21-5-2-1-3-6-21;;/h1-3,5-6,8-9,16,20,22,24,30H,4,7,10-15,17-19H2;2*1H2/t22-,24-;;/m0../s1. The van der Waals surface area contributed by atoms with Gasteiger partial charge in [0.2, 0.25) is 0 Å². The van der Waals surface area contributed by atoms with Crippen LogP contribution in [0.5, 0.6) is 17.2 Å². The zero-order chi connectivity index (χ0) is 23.3. The van der Waals surface area contributed by atoms with Gasteiger partial charge in [0, 0.05) is 19.2 Å². The minimum atomic E-state index is -0.166. The number of cyclic esters (lactones) is 1. The number of fused-ring (bicyclic) bond motifs is 1. The predicted molar refractivity (Wildman–Crippen MR) is 149 cm³/mol. The quantitative estimate of drug-likeness (QED) is 0.544. The molecule has 0 aliphatic carbocycles. The summed E-state index contributed by atoms with van der Waals surface area (Å²) in [6.07, 6.45) is 5.16. The van der Waals surface area contributed by atoms with Crippen LogP contribution in [0.4, 0.5) is 4.79 Å². The van der Waals surface area contributed by atoms with Crippen LogP contribution in [0.25, 0.3) is 0 Å². The summed E-state index contributed by atoms with van der Waals surface area (Å²) >= 11 is 0. The van der Waals surface area contributed by atoms with Gasteiger partial charge in [-0.2, -0.15) is 27.0 Å². The van der Waals surface area contributed by atoms with E-state index in [-0.39, 0.29) is 51.0 Å². The Morgan fingerprint density at radius 1 is 0.944 bits per heavy atom. The Labute approximate surface area is 227 Å². The largest absolute Gasteiger partial charge is 0.508 e. The van der Waals surface area contributed by atoms with Crippen molar-refractivity contribution in [1.82, 2.24) is 9.80 Å². The summed E-state index contributed by atoms with van der Waals surface area (Å²) in [6, 6.07) is 15.5. The lowest BCUT2D eigenvalue weighted by atomic mass is 9.92. The lowest BCUT2D eigenvalue weighted by molar-refractivity contribution is 0.0467. The first-order valence-electron chi connectivity index (χ1n) is 12.5. The smallest absolute Gasteiger partial charge is 0.410 e. The van der Waals surface area contributed by atoms with E-state index < -0.39 is 0 Å². The van der Waals surface area contributed by atoms with Crippen molar-refractivity contribution in [2.24, 2.45) is 5.92 Å². The zero-order valence-corrected chi connectivity index (χ0v) is 22.6. The number of carbonyl (C=O) groups excluding carboxylic acids is 1. The first-order valence-corrected chi connectivity index (χ1v) is 12.5. The molecule has 9 heteroatoms. The van der Waals surface area contributed by atoms with Crippen molar-refractivity contribution in [2.45, 2.75) is 44.2 Å². The van der Waals surface area contributed by atoms with Gasteiger partial charge in [-0.3, -0.25) is 4.90 Å². The zero-order valence-electron chi connectivity index (χ0n) is 20.6. The summed E-state index contributed by atoms with van der Waals surface area (Å²) in [5.41, 5.74) is 1.25. The van der Waals surface area contributed by atoms with Gasteiger partial charge in [-0.25, -0.2) is 4.79 Å². The van der Waals surface area contributed by atoms with Crippen LogP contribution in [0.15, 0.2) is 48.5 Å². The predicted octanol–water partition coefficient (Wildman–Crippen LogP) is 4.31. The average Bonchev–Trinajstić information content (AvgIpc) is 3.19. The molecule has 0 unspecified atom stereocenters. The minimum Gasteiger partial charge on any atom is -0.508 e. The molecule has 5 rings (SSSR count). The number of rotatable bonds is 8. The number of amides is 1. The van der Waals surface area contributed by atoms with Crippen LogP contribution in [-0.4, -0.2) is 72.5 Å². The van der Waals surface area contributed by atoms with Crippen LogP contribution < -0.4 is 9.47 Å². The number of benzene rings is 2. The third-order valence-corrected chi connectivity index (χ3v) is 7.21. The highest BCUT2D eigenvalue weighted by Gasteiger charge is 2.33. The van der Waals surface area contributed by atoms with Crippen molar-refractivity contribution in [3.05, 3.63) is 54.1 Å². The van der Waals surface area contributed by atoms with E-state index in [0.717, 1.165) is 45.4 Å². The monoisotopic (exact) mass is 534 g/mol. The van der Waals surface area contributed by atoms with Crippen LogP contribution in [0.3, 0.4) is 0 Å². The summed E-state index contributed by atoms with van der Waals surface area (Å²) in [7, 11) is 0. The summed E-state index contributed by atoms with van der Waals surface area (Å²) in [6.45, 7) is 4.75. The third-order valence-electron chi connectivity index (χ3n) is 7.21. The number of phenols is 1. The summed E-state index contributed by atoms with van der Waals surface area (Å²) in [5.74, 6) is 2.21. The lowest BCUT2D eigenvalue weighted by Crippen LogP contribution is -2.44. The number of ether oxygens (including phenoxy) is 3. The topological polar surface area (TPSA) is 71.5 Å². The van der Waals surface area contributed by atoms with Gasteiger partial charge in [-0.1, -0.05) is 30.3 Å². The Kier molecular flexibility index (Phi) is 10.5. The molecule has 0 spiro atoms. The van der Waals surface area contributed by atoms with E-state index in [9.17, 15) is 9.90 Å². The fourth-order valence-electron chi connectivity index (χ4n) is 5.31. The van der Waals surface area contributed by atoms with Gasteiger partial charge in [0.05, 0.1) is 6.04 Å². The van der Waals surface area contributed by atoms with Crippen molar-refractivity contribution >= 4 is 33.1 Å². The van der Waals surface area contributed by atoms with Gasteiger partial charge in [-0.05, 0) is 68.8 Å². The Hall–Kier alpha value is -2.23. The molecule has 2 aromatic carbocycles. The Morgan fingerprint density at radius 2 is 1.72 bits per heavy atom. The number of piperidine rings is 1. The number of hydrogen-bond donors (Lipinski definition) is 1. The fourth-order valence-corrected chi connectivity index (χ4v) is 5.31. The fraction of sp³-hybridized carbons (Fsp3) is 0.519. The molecule has 36 heavy (non-hydrogen) atoms. The number of carbonyl (C=O) groups is 1. The summed E-state index contributed by atoms with van der Waals surface area (Å²) < 4.78 is 17.2. The molecular weight excluding hydrogens is 496 g/mol. The molecule has 0 saturated carbocycles. The van der Waals surface area contributed by atoms with Crippen LogP contribution in [0, 0.1) is 5.92 Å². The number of likely N-dealkylation sites (tertiary alicyclic amines) is 1. The van der Waals surface area contributed by atoms with E-state index in [1.165, 1.54) is 18.4 Å². The molecule has 2 aromatic rings. The summed E-state index contributed by atoms with van der Waals surface area (Å²) in [5, 5.41) is 9.69. The SMILES string of the molecule is O=C1OC[C@H](Cc2ccccc2)N1CCCC1CCN(C[C@H]2COc3ccc(O)cc3O2)CC1.S.S. The highest BCUT2D eigenvalue weighted by atomic mass is 32.1. The molecule has 3 aliphatic rings. The molecular formula is C27H38N2O5S2. The maximum absolute atomic E-state index is 12.2. The van der Waals surface area contributed by atoms with Gasteiger partial charge in [0.25, 0.3) is 0 Å². The van der Waals surface area contributed by atoms with Crippen LogP contribution in [0.2, 0.25) is 0 Å². The van der Waals surface area contributed by atoms with E-state index >= 15 is 0 Å². The van der Waals surface area contributed by atoms with Gasteiger partial charge in [0.1, 0.15) is 25.1 Å². The molecule has 3 aliphatic heterocycles. The van der Waals surface area contributed by atoms with E-state index in [1.807, 2.05) is 23.1 Å². The van der Waals surface area contributed by atoms with Crippen molar-refractivity contribution in [3.8, 4) is 17.2 Å². The molecule has 2 atom stereocenters. The lowest BCUT2D eigenvalue weighted by Gasteiger charge is -2.36. The first-order chi connectivity index (χ1) is 16.6. The Bertz CT molecular complexity index is 972. The second-order valence-electron chi connectivity index (χ2n) is 9.68. The minimum absolute atomic E-state index is 0. The van der Waals surface area contributed by atoms with Gasteiger partial charge < -0.3 is 24.2 Å². The molecule has 2 fully saturated rings. The maximum Gasteiger partial charge on any atom is 0.410 e. The third kappa shape index (κ3) is 7.17. The Morgan fingerprint density at radius 3 is 2.50 bits per heavy atom. The molecule has 198 valence electrons. The molecule has 2 saturated heterocycles. The number of aromatic hydroxyl groups is 1. The second-order valence-corrected chi connectivity index (χ2v) is 9.68. The molecule has 0 aromatic heterocycles. The molecule has 0 radical (unpaired) electrons. The average molecular weight is 535 g/mol. The highest BCUT2D eigenvalue weighted by Crippen LogP contribution is 2.35. The number of hydrogen-bond acceptors (Lipinski definition) is 6. The molecule has 1 N–H and O–H groups in total. The van der Waals surface area contributed by atoms with Gasteiger partial charge in [0.15, 0.2) is 11.5 Å². The van der Waals surface area contributed by atoms with E-state index in [2.05, 4.69) is 17.0 Å². The van der Waals surface area contributed by atoms with Crippen molar-refractivity contribution in [1.29, 1.82) is 0 Å². The number of nitrogens with zero attached hydrogens (tertiary/aromatic N) is 2. The van der Waals surface area contributed by atoms with Crippen LogP contribution in [0.1, 0.15) is 31.2 Å². The maximum atomic E-state index is 12.2. The van der Waals surface area contributed by atoms with Crippen molar-refractivity contribution in [2.75, 3.05) is 39.4 Å². The van der Waals surface area contributed by atoms with Crippen molar-refractivity contribution < 1.29 is 24.1 Å². The molecule has 0 bridgehead atoms. The molecule has 3 heterocycles. The van der Waals surface area contributed by atoms with Crippen molar-refractivity contribution in [3.63, 3.8) is 0 Å². The first kappa shape index (κ1) is 28.3.